The van der Waals surface area contributed by atoms with Crippen molar-refractivity contribution in [3.8, 4) is 5.75 Å². The van der Waals surface area contributed by atoms with Crippen molar-refractivity contribution in [1.29, 1.82) is 0 Å². The third-order valence-corrected chi connectivity index (χ3v) is 5.90. The Morgan fingerprint density at radius 3 is 2.41 bits per heavy atom. The smallest absolute Gasteiger partial charge is 0.242 e. The summed E-state index contributed by atoms with van der Waals surface area (Å²) < 4.78 is 5.14. The Balaban J connectivity index is 1.62. The molecular weight excluding hydrogens is 386 g/mol. The van der Waals surface area contributed by atoms with Gasteiger partial charge in [-0.1, -0.05) is 37.7 Å². The van der Waals surface area contributed by atoms with Crippen LogP contribution in [0, 0.1) is 0 Å². The predicted molar refractivity (Wildman–Crippen MR) is 118 cm³/mol. The molecule has 0 spiro atoms. The van der Waals surface area contributed by atoms with Gasteiger partial charge in [-0.3, -0.25) is 14.5 Å². The van der Waals surface area contributed by atoms with Crippen molar-refractivity contribution in [2.75, 3.05) is 19.5 Å². The van der Waals surface area contributed by atoms with Crippen LogP contribution in [0.4, 0.5) is 11.4 Å². The van der Waals surface area contributed by atoms with Gasteiger partial charge >= 0.3 is 0 Å². The number of carbonyl (C=O) groups excluding carboxylic acids is 2. The van der Waals surface area contributed by atoms with E-state index in [2.05, 4.69) is 24.2 Å². The number of nitrogens with zero attached hydrogens (tertiary/aromatic N) is 2. The molecule has 3 rings (SSSR count). The summed E-state index contributed by atoms with van der Waals surface area (Å²) in [7, 11) is 3.29. The second kappa shape index (κ2) is 9.13. The van der Waals surface area contributed by atoms with Crippen molar-refractivity contribution >= 4 is 40.1 Å². The van der Waals surface area contributed by atoms with E-state index in [1.165, 1.54) is 22.2 Å². The van der Waals surface area contributed by atoms with Crippen LogP contribution in [-0.2, 0) is 9.59 Å². The zero-order valence-electron chi connectivity index (χ0n) is 17.0. The van der Waals surface area contributed by atoms with Gasteiger partial charge in [0.2, 0.25) is 11.8 Å². The van der Waals surface area contributed by atoms with Crippen molar-refractivity contribution < 1.29 is 14.3 Å². The highest BCUT2D eigenvalue weighted by Crippen LogP contribution is 2.31. The third kappa shape index (κ3) is 5.17. The number of anilines is 1. The largest absolute Gasteiger partial charge is 0.497 e. The van der Waals surface area contributed by atoms with Crippen molar-refractivity contribution in [1.82, 2.24) is 4.90 Å². The highest BCUT2D eigenvalue weighted by Gasteiger charge is 2.37. The van der Waals surface area contributed by atoms with E-state index in [1.807, 2.05) is 48.5 Å². The summed E-state index contributed by atoms with van der Waals surface area (Å²) in [6, 6.07) is 15.1. The van der Waals surface area contributed by atoms with Gasteiger partial charge in [0, 0.05) is 19.2 Å². The molecule has 1 atom stereocenters. The Hall–Kier alpha value is -2.80. The topological polar surface area (TPSA) is 71.0 Å². The monoisotopic (exact) mass is 411 g/mol. The van der Waals surface area contributed by atoms with E-state index in [0.29, 0.717) is 11.1 Å². The van der Waals surface area contributed by atoms with Gasteiger partial charge in [0.15, 0.2) is 5.17 Å². The van der Waals surface area contributed by atoms with Crippen molar-refractivity contribution in [3.05, 3.63) is 54.1 Å². The number of hydrogen-bond acceptors (Lipinski definition) is 5. The van der Waals surface area contributed by atoms with Gasteiger partial charge in [-0.2, -0.15) is 0 Å². The molecule has 0 bridgehead atoms. The molecule has 1 unspecified atom stereocenters. The first-order chi connectivity index (χ1) is 13.9. The molecule has 6 nitrogen and oxygen atoms in total. The average Bonchev–Trinajstić information content (AvgIpc) is 2.96. The number of thioether (sulfide) groups is 1. The van der Waals surface area contributed by atoms with Gasteiger partial charge in [-0.15, -0.1) is 0 Å². The normalized spacial score (nSPS) is 17.8. The fraction of sp³-hybridized carbons (Fsp3) is 0.318. The SMILES string of the molecule is COc1ccc(N=C2SC(CC(=O)Nc3ccc(C(C)C)cc3)C(=O)N2C)cc1. The Bertz CT molecular complexity index is 908. The first kappa shape index (κ1) is 20.9. The van der Waals surface area contributed by atoms with Crippen LogP contribution >= 0.6 is 11.8 Å². The molecule has 2 aromatic carbocycles. The highest BCUT2D eigenvalue weighted by molar-refractivity contribution is 8.15. The summed E-state index contributed by atoms with van der Waals surface area (Å²) >= 11 is 1.31. The molecule has 7 heteroatoms. The lowest BCUT2D eigenvalue weighted by molar-refractivity contribution is -0.127. The maximum atomic E-state index is 12.5. The number of ether oxygens (including phenoxy) is 1. The van der Waals surface area contributed by atoms with Gasteiger partial charge in [0.25, 0.3) is 0 Å². The molecule has 1 aliphatic rings. The van der Waals surface area contributed by atoms with Gasteiger partial charge in [-0.05, 0) is 47.9 Å². The molecule has 1 N–H and O–H groups in total. The van der Waals surface area contributed by atoms with Crippen LogP contribution in [0.25, 0.3) is 0 Å². The van der Waals surface area contributed by atoms with Crippen LogP contribution in [0.3, 0.4) is 0 Å². The molecule has 1 fully saturated rings. The van der Waals surface area contributed by atoms with Crippen molar-refractivity contribution in [3.63, 3.8) is 0 Å². The van der Waals surface area contributed by atoms with Crippen molar-refractivity contribution in [2.24, 2.45) is 4.99 Å². The second-order valence-corrected chi connectivity index (χ2v) is 8.30. The summed E-state index contributed by atoms with van der Waals surface area (Å²) in [6.45, 7) is 4.25. The third-order valence-electron chi connectivity index (χ3n) is 4.67. The molecule has 0 aromatic heterocycles. The van der Waals surface area contributed by atoms with Gasteiger partial charge in [-0.25, -0.2) is 4.99 Å². The standard InChI is InChI=1S/C22H25N3O3S/c1-14(2)15-5-7-16(8-6-15)23-20(26)13-19-21(27)25(3)22(29-19)24-17-9-11-18(28-4)12-10-17/h5-12,14,19H,13H2,1-4H3,(H,23,26). The quantitative estimate of drug-likeness (QED) is 0.764. The van der Waals surface area contributed by atoms with E-state index in [-0.39, 0.29) is 18.2 Å². The molecule has 2 aromatic rings. The van der Waals surface area contributed by atoms with Crippen LogP contribution in [-0.4, -0.2) is 41.3 Å². The number of rotatable bonds is 6. The maximum absolute atomic E-state index is 12.5. The summed E-state index contributed by atoms with van der Waals surface area (Å²) in [6.07, 6.45) is 0.0986. The van der Waals surface area contributed by atoms with E-state index >= 15 is 0 Å². The lowest BCUT2D eigenvalue weighted by atomic mass is 10.0. The minimum Gasteiger partial charge on any atom is -0.497 e. The molecule has 1 aliphatic heterocycles. The first-order valence-corrected chi connectivity index (χ1v) is 10.3. The zero-order chi connectivity index (χ0) is 21.0. The molecule has 152 valence electrons. The average molecular weight is 412 g/mol. The number of methoxy groups -OCH3 is 1. The van der Waals surface area contributed by atoms with Crippen LogP contribution in [0.1, 0.15) is 31.7 Å². The summed E-state index contributed by atoms with van der Waals surface area (Å²) in [5.41, 5.74) is 2.67. The lowest BCUT2D eigenvalue weighted by Crippen LogP contribution is -2.30. The number of amidine groups is 1. The second-order valence-electron chi connectivity index (χ2n) is 7.13. The molecule has 0 saturated carbocycles. The highest BCUT2D eigenvalue weighted by atomic mass is 32.2. The molecule has 1 heterocycles. The fourth-order valence-electron chi connectivity index (χ4n) is 2.90. The molecule has 0 radical (unpaired) electrons. The van der Waals surface area contributed by atoms with Crippen LogP contribution < -0.4 is 10.1 Å². The molecule has 1 saturated heterocycles. The molecular formula is C22H25N3O3S. The Labute approximate surface area is 175 Å². The van der Waals surface area contributed by atoms with Crippen LogP contribution in [0.15, 0.2) is 53.5 Å². The maximum Gasteiger partial charge on any atom is 0.242 e. The molecule has 0 aliphatic carbocycles. The number of nitrogens with one attached hydrogen (secondary N) is 1. The van der Waals surface area contributed by atoms with Crippen molar-refractivity contribution in [2.45, 2.75) is 31.4 Å². The van der Waals surface area contributed by atoms with Gasteiger partial charge in [0.1, 0.15) is 11.0 Å². The number of aliphatic imine (C=N–C) groups is 1. The molecule has 2 amide bonds. The summed E-state index contributed by atoms with van der Waals surface area (Å²) in [4.78, 5) is 31.0. The summed E-state index contributed by atoms with van der Waals surface area (Å²) in [5, 5.41) is 2.97. The van der Waals surface area contributed by atoms with E-state index in [9.17, 15) is 9.59 Å². The van der Waals surface area contributed by atoms with E-state index in [0.717, 1.165) is 17.1 Å². The number of hydrogen-bond donors (Lipinski definition) is 1. The van der Waals surface area contributed by atoms with Gasteiger partial charge in [0.05, 0.1) is 12.8 Å². The summed E-state index contributed by atoms with van der Waals surface area (Å²) in [5.74, 6) is 0.874. The van der Waals surface area contributed by atoms with E-state index < -0.39 is 5.25 Å². The number of carbonyl (C=O) groups is 2. The minimum atomic E-state index is -0.480. The Morgan fingerprint density at radius 1 is 1.17 bits per heavy atom. The Morgan fingerprint density at radius 2 is 1.83 bits per heavy atom. The van der Waals surface area contributed by atoms with Crippen LogP contribution in [0.2, 0.25) is 0 Å². The predicted octanol–water partition coefficient (Wildman–Crippen LogP) is 4.41. The fourth-order valence-corrected chi connectivity index (χ4v) is 4.05. The van der Waals surface area contributed by atoms with E-state index in [4.69, 9.17) is 4.74 Å². The minimum absolute atomic E-state index is 0.0986. The molecule has 29 heavy (non-hydrogen) atoms. The first-order valence-electron chi connectivity index (χ1n) is 9.44. The van der Waals surface area contributed by atoms with Crippen LogP contribution in [0.5, 0.6) is 5.75 Å². The number of benzene rings is 2. The lowest BCUT2D eigenvalue weighted by Gasteiger charge is -2.10. The Kier molecular flexibility index (Phi) is 6.59. The number of amides is 2. The van der Waals surface area contributed by atoms with E-state index in [1.54, 1.807) is 14.2 Å². The zero-order valence-corrected chi connectivity index (χ0v) is 17.8. The van der Waals surface area contributed by atoms with Gasteiger partial charge < -0.3 is 10.1 Å².